The Hall–Kier alpha value is -2.89. The van der Waals surface area contributed by atoms with Crippen molar-refractivity contribution in [2.24, 2.45) is 7.05 Å². The number of aromatic nitrogens is 3. The van der Waals surface area contributed by atoms with Crippen LogP contribution in [0.15, 0.2) is 36.4 Å². The van der Waals surface area contributed by atoms with Crippen molar-refractivity contribution < 1.29 is 14.6 Å². The first kappa shape index (κ1) is 14.1. The fourth-order valence-electron chi connectivity index (χ4n) is 2.26. The lowest BCUT2D eigenvalue weighted by Crippen LogP contribution is -2.05. The zero-order valence-electron chi connectivity index (χ0n) is 12.3. The lowest BCUT2D eigenvalue weighted by Gasteiger charge is -2.09. The third-order valence-electron chi connectivity index (χ3n) is 3.45. The smallest absolute Gasteiger partial charge is 0.372 e. The van der Waals surface area contributed by atoms with Gasteiger partial charge in [0.15, 0.2) is 5.65 Å². The molecule has 22 heavy (non-hydrogen) atoms. The number of ether oxygens (including phenoxy) is 1. The molecule has 2 aromatic heterocycles. The molecule has 0 saturated carbocycles. The summed E-state index contributed by atoms with van der Waals surface area (Å²) in [4.78, 5) is 19.5. The average Bonchev–Trinajstić information content (AvgIpc) is 2.82. The molecule has 0 bridgehead atoms. The number of pyridine rings is 1. The number of imidazole rings is 1. The van der Waals surface area contributed by atoms with Gasteiger partial charge in [-0.25, -0.2) is 14.8 Å². The SMILES string of the molecule is Cc1nc2nc(C(=O)O)n(C)c2cc1OCc1ccccc1. The molecule has 0 fully saturated rings. The van der Waals surface area contributed by atoms with E-state index in [4.69, 9.17) is 9.84 Å². The first-order chi connectivity index (χ1) is 10.6. The number of hydrogen-bond donors (Lipinski definition) is 1. The summed E-state index contributed by atoms with van der Waals surface area (Å²) < 4.78 is 7.30. The number of rotatable bonds is 4. The number of aromatic carboxylic acids is 1. The predicted molar refractivity (Wildman–Crippen MR) is 81.0 cm³/mol. The molecule has 1 N–H and O–H groups in total. The van der Waals surface area contributed by atoms with Gasteiger partial charge in [-0.15, -0.1) is 0 Å². The van der Waals surface area contributed by atoms with E-state index in [9.17, 15) is 4.79 Å². The maximum Gasteiger partial charge on any atom is 0.372 e. The molecule has 6 nitrogen and oxygen atoms in total. The van der Waals surface area contributed by atoms with Gasteiger partial charge in [-0.1, -0.05) is 30.3 Å². The molecule has 0 saturated heterocycles. The Labute approximate surface area is 127 Å². The van der Waals surface area contributed by atoms with Crippen LogP contribution in [0.5, 0.6) is 5.75 Å². The Morgan fingerprint density at radius 3 is 2.68 bits per heavy atom. The molecular weight excluding hydrogens is 282 g/mol. The lowest BCUT2D eigenvalue weighted by molar-refractivity contribution is 0.0680. The van der Waals surface area contributed by atoms with Gasteiger partial charge in [0.25, 0.3) is 0 Å². The number of aryl methyl sites for hydroxylation is 2. The van der Waals surface area contributed by atoms with Crippen molar-refractivity contribution in [1.82, 2.24) is 14.5 Å². The molecule has 1 aromatic carbocycles. The summed E-state index contributed by atoms with van der Waals surface area (Å²) in [6.07, 6.45) is 0. The minimum Gasteiger partial charge on any atom is -0.487 e. The number of carbonyl (C=O) groups is 1. The maximum absolute atomic E-state index is 11.1. The van der Waals surface area contributed by atoms with E-state index in [0.717, 1.165) is 5.56 Å². The highest BCUT2D eigenvalue weighted by Gasteiger charge is 2.17. The molecule has 3 aromatic rings. The first-order valence-corrected chi connectivity index (χ1v) is 6.80. The van der Waals surface area contributed by atoms with Gasteiger partial charge in [-0.2, -0.15) is 0 Å². The predicted octanol–water partition coefficient (Wildman–Crippen LogP) is 2.55. The second-order valence-corrected chi connectivity index (χ2v) is 4.99. The highest BCUT2D eigenvalue weighted by molar-refractivity contribution is 5.89. The van der Waals surface area contributed by atoms with Crippen LogP contribution < -0.4 is 4.74 Å². The molecular formula is C16H15N3O3. The summed E-state index contributed by atoms with van der Waals surface area (Å²) in [7, 11) is 1.65. The standard InChI is InChI=1S/C16H15N3O3/c1-10-13(22-9-11-6-4-3-5-7-11)8-12-14(17-10)18-15(16(20)21)19(12)2/h3-8H,9H2,1-2H3,(H,20,21). The van der Waals surface area contributed by atoms with Crippen LogP contribution in [0.1, 0.15) is 21.9 Å². The normalized spacial score (nSPS) is 10.8. The minimum absolute atomic E-state index is 0.0397. The van der Waals surface area contributed by atoms with Crippen LogP contribution in [-0.2, 0) is 13.7 Å². The number of carboxylic acids is 1. The summed E-state index contributed by atoms with van der Waals surface area (Å²) in [5, 5.41) is 9.11. The number of fused-ring (bicyclic) bond motifs is 1. The molecule has 0 spiro atoms. The molecule has 0 aliphatic carbocycles. The van der Waals surface area contributed by atoms with Gasteiger partial charge in [-0.05, 0) is 12.5 Å². The van der Waals surface area contributed by atoms with Gasteiger partial charge in [0, 0.05) is 13.1 Å². The van der Waals surface area contributed by atoms with Gasteiger partial charge < -0.3 is 14.4 Å². The number of nitrogens with zero attached hydrogens (tertiary/aromatic N) is 3. The fourth-order valence-corrected chi connectivity index (χ4v) is 2.26. The van der Waals surface area contributed by atoms with Crippen LogP contribution in [0.25, 0.3) is 11.2 Å². The number of carboxylic acid groups (broad SMARTS) is 1. The van der Waals surface area contributed by atoms with E-state index < -0.39 is 5.97 Å². The van der Waals surface area contributed by atoms with E-state index in [-0.39, 0.29) is 5.82 Å². The van der Waals surface area contributed by atoms with Gasteiger partial charge in [0.2, 0.25) is 5.82 Å². The lowest BCUT2D eigenvalue weighted by atomic mass is 10.2. The Balaban J connectivity index is 1.94. The molecule has 0 amide bonds. The van der Waals surface area contributed by atoms with Gasteiger partial charge in [0.1, 0.15) is 12.4 Å². The van der Waals surface area contributed by atoms with E-state index in [1.54, 1.807) is 13.1 Å². The average molecular weight is 297 g/mol. The Bertz CT molecular complexity index is 841. The van der Waals surface area contributed by atoms with Gasteiger partial charge >= 0.3 is 5.97 Å². The van der Waals surface area contributed by atoms with Crippen LogP contribution >= 0.6 is 0 Å². The second-order valence-electron chi connectivity index (χ2n) is 4.99. The molecule has 0 radical (unpaired) electrons. The van der Waals surface area contributed by atoms with Crippen molar-refractivity contribution in [1.29, 1.82) is 0 Å². The summed E-state index contributed by atoms with van der Waals surface area (Å²) in [5.41, 5.74) is 2.77. The topological polar surface area (TPSA) is 77.2 Å². The minimum atomic E-state index is -1.08. The van der Waals surface area contributed by atoms with Crippen molar-refractivity contribution in [3.05, 3.63) is 53.5 Å². The molecule has 0 atom stereocenters. The summed E-state index contributed by atoms with van der Waals surface area (Å²) >= 11 is 0. The van der Waals surface area contributed by atoms with E-state index in [0.29, 0.717) is 29.2 Å². The zero-order valence-corrected chi connectivity index (χ0v) is 12.3. The molecule has 0 aliphatic heterocycles. The zero-order chi connectivity index (χ0) is 15.7. The van der Waals surface area contributed by atoms with Crippen molar-refractivity contribution >= 4 is 17.1 Å². The summed E-state index contributed by atoms with van der Waals surface area (Å²) in [5.74, 6) is -0.497. The van der Waals surface area contributed by atoms with Gasteiger partial charge in [0.05, 0.1) is 11.2 Å². The van der Waals surface area contributed by atoms with Crippen LogP contribution in [0.3, 0.4) is 0 Å². The molecule has 0 aliphatic rings. The van der Waals surface area contributed by atoms with Crippen LogP contribution in [0.4, 0.5) is 0 Å². The Morgan fingerprint density at radius 1 is 1.27 bits per heavy atom. The second kappa shape index (κ2) is 5.48. The molecule has 0 unspecified atom stereocenters. The highest BCUT2D eigenvalue weighted by Crippen LogP contribution is 2.23. The fraction of sp³-hybridized carbons (Fsp3) is 0.188. The largest absolute Gasteiger partial charge is 0.487 e. The third-order valence-corrected chi connectivity index (χ3v) is 3.45. The van der Waals surface area contributed by atoms with Crippen molar-refractivity contribution in [2.75, 3.05) is 0 Å². The molecule has 3 rings (SSSR count). The van der Waals surface area contributed by atoms with Crippen molar-refractivity contribution in [2.45, 2.75) is 13.5 Å². The number of hydrogen-bond acceptors (Lipinski definition) is 4. The van der Waals surface area contributed by atoms with Crippen LogP contribution in [-0.4, -0.2) is 25.6 Å². The Morgan fingerprint density at radius 2 is 2.00 bits per heavy atom. The van der Waals surface area contributed by atoms with Gasteiger partial charge in [-0.3, -0.25) is 0 Å². The quantitative estimate of drug-likeness (QED) is 0.800. The van der Waals surface area contributed by atoms with E-state index >= 15 is 0 Å². The monoisotopic (exact) mass is 297 g/mol. The molecule has 112 valence electrons. The van der Waals surface area contributed by atoms with Crippen LogP contribution in [0.2, 0.25) is 0 Å². The van der Waals surface area contributed by atoms with E-state index in [1.807, 2.05) is 37.3 Å². The summed E-state index contributed by atoms with van der Waals surface area (Å²) in [6.45, 7) is 2.24. The van der Waals surface area contributed by atoms with Crippen LogP contribution in [0, 0.1) is 6.92 Å². The first-order valence-electron chi connectivity index (χ1n) is 6.80. The third kappa shape index (κ3) is 2.50. The number of benzene rings is 1. The van der Waals surface area contributed by atoms with Crippen molar-refractivity contribution in [3.63, 3.8) is 0 Å². The maximum atomic E-state index is 11.1. The van der Waals surface area contributed by atoms with Crippen molar-refractivity contribution in [3.8, 4) is 5.75 Å². The molecule has 2 heterocycles. The molecule has 6 heteroatoms. The summed E-state index contributed by atoms with van der Waals surface area (Å²) in [6, 6.07) is 11.6. The van der Waals surface area contributed by atoms with E-state index in [2.05, 4.69) is 9.97 Å². The van der Waals surface area contributed by atoms with E-state index in [1.165, 1.54) is 4.57 Å². The Kier molecular flexibility index (Phi) is 3.50. The highest BCUT2D eigenvalue weighted by atomic mass is 16.5.